The van der Waals surface area contributed by atoms with Crippen LogP contribution in [0.3, 0.4) is 0 Å². The van der Waals surface area contributed by atoms with Crippen molar-refractivity contribution >= 4 is 12.0 Å². The molecule has 0 aliphatic rings. The summed E-state index contributed by atoms with van der Waals surface area (Å²) in [4.78, 5) is 12.0. The number of nitrogens with one attached hydrogen (secondary N) is 1. The van der Waals surface area contributed by atoms with Gasteiger partial charge in [-0.2, -0.15) is 0 Å². The zero-order valence-corrected chi connectivity index (χ0v) is 15.9. The zero-order chi connectivity index (χ0) is 19.5. The quantitative estimate of drug-likeness (QED) is 0.491. The van der Waals surface area contributed by atoms with Crippen molar-refractivity contribution in [3.8, 4) is 17.2 Å². The zero-order valence-electron chi connectivity index (χ0n) is 15.9. The first kappa shape index (κ1) is 20.4. The van der Waals surface area contributed by atoms with Gasteiger partial charge in [0.05, 0.1) is 13.7 Å². The molecule has 0 aliphatic carbocycles. The van der Waals surface area contributed by atoms with Gasteiger partial charge in [0.25, 0.3) is 0 Å². The number of benzene rings is 2. The minimum Gasteiger partial charge on any atom is -0.508 e. The number of phenolic OH excluding ortho intramolecular Hbond substituents is 1. The lowest BCUT2D eigenvalue weighted by molar-refractivity contribution is -0.116. The molecule has 0 saturated carbocycles. The number of hydrogen-bond donors (Lipinski definition) is 2. The fourth-order valence-corrected chi connectivity index (χ4v) is 2.46. The Kier molecular flexibility index (Phi) is 8.23. The van der Waals surface area contributed by atoms with Crippen molar-refractivity contribution in [2.75, 3.05) is 20.3 Å². The van der Waals surface area contributed by atoms with Crippen LogP contribution in [0.2, 0.25) is 0 Å². The number of methoxy groups -OCH3 is 1. The van der Waals surface area contributed by atoms with Crippen molar-refractivity contribution in [2.45, 2.75) is 26.2 Å². The van der Waals surface area contributed by atoms with E-state index in [-0.39, 0.29) is 11.7 Å². The Hall–Kier alpha value is -2.95. The van der Waals surface area contributed by atoms with Gasteiger partial charge in [0.2, 0.25) is 5.91 Å². The van der Waals surface area contributed by atoms with Crippen molar-refractivity contribution in [1.29, 1.82) is 0 Å². The Bertz CT molecular complexity index is 753. The number of rotatable bonds is 10. The molecule has 0 radical (unpaired) electrons. The van der Waals surface area contributed by atoms with E-state index in [2.05, 4.69) is 12.2 Å². The van der Waals surface area contributed by atoms with Crippen LogP contribution in [-0.2, 0) is 11.2 Å². The summed E-state index contributed by atoms with van der Waals surface area (Å²) in [6, 6.07) is 12.6. The molecule has 0 atom stereocenters. The van der Waals surface area contributed by atoms with E-state index in [4.69, 9.17) is 9.47 Å². The largest absolute Gasteiger partial charge is 0.508 e. The fourth-order valence-electron chi connectivity index (χ4n) is 2.46. The van der Waals surface area contributed by atoms with E-state index >= 15 is 0 Å². The van der Waals surface area contributed by atoms with Gasteiger partial charge in [-0.3, -0.25) is 4.79 Å². The average Bonchev–Trinajstić information content (AvgIpc) is 2.68. The van der Waals surface area contributed by atoms with E-state index in [1.807, 2.05) is 30.3 Å². The van der Waals surface area contributed by atoms with Crippen LogP contribution in [-0.4, -0.2) is 31.3 Å². The van der Waals surface area contributed by atoms with Crippen LogP contribution < -0.4 is 14.8 Å². The third-order valence-electron chi connectivity index (χ3n) is 4.02. The number of carbonyl (C=O) groups excluding carboxylic acids is 1. The Morgan fingerprint density at radius 3 is 2.63 bits per heavy atom. The lowest BCUT2D eigenvalue weighted by atomic mass is 10.1. The fraction of sp³-hybridized carbons (Fsp3) is 0.318. The highest BCUT2D eigenvalue weighted by Gasteiger charge is 2.05. The van der Waals surface area contributed by atoms with Gasteiger partial charge >= 0.3 is 0 Å². The Balaban J connectivity index is 1.86. The molecule has 2 rings (SSSR count). The van der Waals surface area contributed by atoms with Crippen LogP contribution in [0.1, 0.15) is 30.9 Å². The summed E-state index contributed by atoms with van der Waals surface area (Å²) in [6.45, 7) is 3.28. The van der Waals surface area contributed by atoms with E-state index in [9.17, 15) is 9.90 Å². The van der Waals surface area contributed by atoms with E-state index in [0.717, 1.165) is 24.0 Å². The maximum atomic E-state index is 12.0. The molecule has 27 heavy (non-hydrogen) atoms. The summed E-state index contributed by atoms with van der Waals surface area (Å²) < 4.78 is 11.1. The third kappa shape index (κ3) is 7.05. The highest BCUT2D eigenvalue weighted by molar-refractivity contribution is 5.91. The molecule has 2 aromatic rings. The summed E-state index contributed by atoms with van der Waals surface area (Å²) in [7, 11) is 1.61. The monoisotopic (exact) mass is 369 g/mol. The van der Waals surface area contributed by atoms with Gasteiger partial charge in [-0.25, -0.2) is 0 Å². The van der Waals surface area contributed by atoms with E-state index in [0.29, 0.717) is 31.1 Å². The number of hydrogen-bond acceptors (Lipinski definition) is 4. The molecular weight excluding hydrogens is 342 g/mol. The smallest absolute Gasteiger partial charge is 0.244 e. The topological polar surface area (TPSA) is 67.8 Å². The molecule has 0 heterocycles. The Morgan fingerprint density at radius 2 is 1.93 bits per heavy atom. The first-order valence-corrected chi connectivity index (χ1v) is 9.17. The standard InChI is InChI=1S/C22H27NO4/c1-3-4-15-27-21-16-18(7-11-20(21)26-2)8-12-22(25)23-14-13-17-5-9-19(24)10-6-17/h5-12,16,24H,3-4,13-15H2,1-2H3,(H,23,25). The van der Waals surface area contributed by atoms with E-state index in [1.165, 1.54) is 6.08 Å². The van der Waals surface area contributed by atoms with Gasteiger partial charge in [-0.05, 0) is 54.3 Å². The maximum Gasteiger partial charge on any atom is 0.244 e. The molecular formula is C22H27NO4. The molecule has 1 amide bonds. The lowest BCUT2D eigenvalue weighted by Gasteiger charge is -2.11. The predicted octanol–water partition coefficient (Wildman–Crippen LogP) is 3.95. The minimum atomic E-state index is -0.155. The summed E-state index contributed by atoms with van der Waals surface area (Å²) in [6.07, 6.45) is 6.01. The molecule has 0 bridgehead atoms. The van der Waals surface area contributed by atoms with Gasteiger partial charge < -0.3 is 19.9 Å². The van der Waals surface area contributed by atoms with Crippen LogP contribution >= 0.6 is 0 Å². The first-order valence-electron chi connectivity index (χ1n) is 9.17. The number of ether oxygens (including phenoxy) is 2. The normalized spacial score (nSPS) is 10.7. The number of carbonyl (C=O) groups is 1. The Labute approximate surface area is 160 Å². The summed E-state index contributed by atoms with van der Waals surface area (Å²) in [5, 5.41) is 12.1. The summed E-state index contributed by atoms with van der Waals surface area (Å²) in [5.74, 6) is 1.45. The SMILES string of the molecule is CCCCOc1cc(C=CC(=O)NCCc2ccc(O)cc2)ccc1OC. The molecule has 0 saturated heterocycles. The Morgan fingerprint density at radius 1 is 1.15 bits per heavy atom. The van der Waals surface area contributed by atoms with Crippen LogP contribution in [0.25, 0.3) is 6.08 Å². The molecule has 5 heteroatoms. The van der Waals surface area contributed by atoms with Crippen molar-refractivity contribution in [3.05, 3.63) is 59.7 Å². The second kappa shape index (κ2) is 10.9. The molecule has 2 aromatic carbocycles. The van der Waals surface area contributed by atoms with Crippen molar-refractivity contribution < 1.29 is 19.4 Å². The van der Waals surface area contributed by atoms with Gasteiger partial charge in [0.1, 0.15) is 5.75 Å². The molecule has 0 aromatic heterocycles. The van der Waals surface area contributed by atoms with E-state index < -0.39 is 0 Å². The highest BCUT2D eigenvalue weighted by Crippen LogP contribution is 2.28. The summed E-state index contributed by atoms with van der Waals surface area (Å²) in [5.41, 5.74) is 1.93. The maximum absolute atomic E-state index is 12.0. The van der Waals surface area contributed by atoms with Crippen LogP contribution in [0, 0.1) is 0 Å². The predicted molar refractivity (Wildman–Crippen MR) is 107 cm³/mol. The summed E-state index contributed by atoms with van der Waals surface area (Å²) >= 11 is 0. The number of unbranched alkanes of at least 4 members (excludes halogenated alkanes) is 1. The van der Waals surface area contributed by atoms with Crippen LogP contribution in [0.4, 0.5) is 0 Å². The molecule has 5 nitrogen and oxygen atoms in total. The van der Waals surface area contributed by atoms with Crippen molar-refractivity contribution in [1.82, 2.24) is 5.32 Å². The van der Waals surface area contributed by atoms with Crippen molar-refractivity contribution in [3.63, 3.8) is 0 Å². The van der Waals surface area contributed by atoms with E-state index in [1.54, 1.807) is 25.3 Å². The van der Waals surface area contributed by atoms with Gasteiger partial charge in [0, 0.05) is 12.6 Å². The molecule has 144 valence electrons. The van der Waals surface area contributed by atoms with Crippen molar-refractivity contribution in [2.24, 2.45) is 0 Å². The van der Waals surface area contributed by atoms with Gasteiger partial charge in [-0.15, -0.1) is 0 Å². The molecule has 0 spiro atoms. The average molecular weight is 369 g/mol. The molecule has 0 aliphatic heterocycles. The van der Waals surface area contributed by atoms with Crippen LogP contribution in [0.5, 0.6) is 17.2 Å². The third-order valence-corrected chi connectivity index (χ3v) is 4.02. The van der Waals surface area contributed by atoms with Gasteiger partial charge in [-0.1, -0.05) is 31.5 Å². The number of phenols is 1. The van der Waals surface area contributed by atoms with Crippen LogP contribution in [0.15, 0.2) is 48.5 Å². The highest BCUT2D eigenvalue weighted by atomic mass is 16.5. The minimum absolute atomic E-state index is 0.155. The first-order chi connectivity index (χ1) is 13.1. The molecule has 2 N–H and O–H groups in total. The second-order valence-corrected chi connectivity index (χ2v) is 6.15. The molecule has 0 unspecified atom stereocenters. The second-order valence-electron chi connectivity index (χ2n) is 6.15. The van der Waals surface area contributed by atoms with Gasteiger partial charge in [0.15, 0.2) is 11.5 Å². The molecule has 0 fully saturated rings. The lowest BCUT2D eigenvalue weighted by Crippen LogP contribution is -2.23. The number of aromatic hydroxyl groups is 1. The number of amides is 1.